The summed E-state index contributed by atoms with van der Waals surface area (Å²) in [6.07, 6.45) is -0.445. The molecule has 0 N–H and O–H groups in total. The van der Waals surface area contributed by atoms with E-state index in [1.165, 1.54) is 12.1 Å². The minimum absolute atomic E-state index is 0.317. The van der Waals surface area contributed by atoms with Gasteiger partial charge in [-0.05, 0) is 55.5 Å². The Balaban J connectivity index is 1.75. The summed E-state index contributed by atoms with van der Waals surface area (Å²) in [4.78, 5) is 4.30. The van der Waals surface area contributed by atoms with Crippen molar-refractivity contribution in [3.05, 3.63) is 65.3 Å². The van der Waals surface area contributed by atoms with Gasteiger partial charge >= 0.3 is 0 Å². The fourth-order valence-electron chi connectivity index (χ4n) is 1.88. The molecule has 0 aliphatic rings. The first-order valence-corrected chi connectivity index (χ1v) is 7.01. The molecule has 112 valence electrons. The van der Waals surface area contributed by atoms with Crippen molar-refractivity contribution < 1.29 is 13.7 Å². The number of aromatic nitrogens is 2. The molecule has 1 unspecified atom stereocenters. The fourth-order valence-corrected chi connectivity index (χ4v) is 2.01. The first kappa shape index (κ1) is 14.5. The van der Waals surface area contributed by atoms with Gasteiger partial charge in [-0.25, -0.2) is 4.39 Å². The molecular formula is C16H12ClFN2O2. The van der Waals surface area contributed by atoms with Gasteiger partial charge in [0.25, 0.3) is 5.89 Å². The van der Waals surface area contributed by atoms with Crippen LogP contribution in [0.3, 0.4) is 0 Å². The highest BCUT2D eigenvalue weighted by Gasteiger charge is 2.16. The molecule has 0 saturated heterocycles. The van der Waals surface area contributed by atoms with Crippen LogP contribution in [0.2, 0.25) is 5.02 Å². The third kappa shape index (κ3) is 3.26. The zero-order valence-electron chi connectivity index (χ0n) is 11.7. The minimum atomic E-state index is -0.445. The first-order chi connectivity index (χ1) is 10.6. The summed E-state index contributed by atoms with van der Waals surface area (Å²) in [6, 6.07) is 12.9. The van der Waals surface area contributed by atoms with Crippen LogP contribution in [0, 0.1) is 5.82 Å². The molecule has 0 saturated carbocycles. The van der Waals surface area contributed by atoms with Crippen LogP contribution in [0.1, 0.15) is 18.9 Å². The lowest BCUT2D eigenvalue weighted by atomic mass is 10.2. The van der Waals surface area contributed by atoms with Crippen molar-refractivity contribution in [2.45, 2.75) is 13.0 Å². The molecular weight excluding hydrogens is 307 g/mol. The molecule has 6 heteroatoms. The Morgan fingerprint density at radius 1 is 1.09 bits per heavy atom. The lowest BCUT2D eigenvalue weighted by Crippen LogP contribution is -2.03. The van der Waals surface area contributed by atoms with Gasteiger partial charge in [0.05, 0.1) is 0 Å². The van der Waals surface area contributed by atoms with Gasteiger partial charge in [0.15, 0.2) is 6.10 Å². The second-order valence-corrected chi connectivity index (χ2v) is 5.11. The van der Waals surface area contributed by atoms with E-state index >= 15 is 0 Å². The van der Waals surface area contributed by atoms with Gasteiger partial charge < -0.3 is 9.26 Å². The SMILES string of the molecule is CC(Oc1ccc(F)cc1)c1nc(-c2ccc(Cl)cc2)no1. The van der Waals surface area contributed by atoms with Crippen LogP contribution in [0.5, 0.6) is 5.75 Å². The fraction of sp³-hybridized carbons (Fsp3) is 0.125. The summed E-state index contributed by atoms with van der Waals surface area (Å²) in [5, 5.41) is 4.56. The molecule has 0 aliphatic carbocycles. The predicted octanol–water partition coefficient (Wildman–Crippen LogP) is 4.67. The summed E-state index contributed by atoms with van der Waals surface area (Å²) < 4.78 is 23.7. The van der Waals surface area contributed by atoms with Crippen molar-refractivity contribution in [2.75, 3.05) is 0 Å². The third-order valence-electron chi connectivity index (χ3n) is 3.02. The predicted molar refractivity (Wildman–Crippen MR) is 80.2 cm³/mol. The van der Waals surface area contributed by atoms with E-state index in [1.54, 1.807) is 31.2 Å². The number of hydrogen-bond acceptors (Lipinski definition) is 4. The molecule has 3 aromatic rings. The maximum Gasteiger partial charge on any atom is 0.267 e. The quantitative estimate of drug-likeness (QED) is 0.701. The molecule has 0 amide bonds. The maximum atomic E-state index is 12.9. The van der Waals surface area contributed by atoms with E-state index in [4.69, 9.17) is 20.9 Å². The van der Waals surface area contributed by atoms with Crippen LogP contribution in [-0.2, 0) is 0 Å². The number of halogens is 2. The lowest BCUT2D eigenvalue weighted by molar-refractivity contribution is 0.175. The van der Waals surface area contributed by atoms with Crippen LogP contribution in [0.4, 0.5) is 4.39 Å². The smallest absolute Gasteiger partial charge is 0.267 e. The lowest BCUT2D eigenvalue weighted by Gasteiger charge is -2.10. The largest absolute Gasteiger partial charge is 0.481 e. The van der Waals surface area contributed by atoms with Gasteiger partial charge in [-0.2, -0.15) is 4.98 Å². The van der Waals surface area contributed by atoms with Crippen molar-refractivity contribution in [1.82, 2.24) is 10.1 Å². The number of nitrogens with zero attached hydrogens (tertiary/aromatic N) is 2. The van der Waals surface area contributed by atoms with Crippen molar-refractivity contribution in [3.63, 3.8) is 0 Å². The zero-order valence-corrected chi connectivity index (χ0v) is 12.4. The van der Waals surface area contributed by atoms with Crippen molar-refractivity contribution in [1.29, 1.82) is 0 Å². The Hall–Kier alpha value is -2.40. The van der Waals surface area contributed by atoms with Crippen LogP contribution in [-0.4, -0.2) is 10.1 Å². The summed E-state index contributed by atoms with van der Waals surface area (Å²) in [6.45, 7) is 1.78. The Morgan fingerprint density at radius 3 is 2.45 bits per heavy atom. The second-order valence-electron chi connectivity index (χ2n) is 4.68. The van der Waals surface area contributed by atoms with Gasteiger partial charge in [0, 0.05) is 10.6 Å². The number of hydrogen-bond donors (Lipinski definition) is 0. The van der Waals surface area contributed by atoms with Crippen LogP contribution < -0.4 is 4.74 Å². The molecule has 1 aromatic heterocycles. The normalized spacial score (nSPS) is 12.1. The van der Waals surface area contributed by atoms with E-state index in [2.05, 4.69) is 10.1 Å². The average molecular weight is 319 g/mol. The first-order valence-electron chi connectivity index (χ1n) is 6.63. The van der Waals surface area contributed by atoms with E-state index in [1.807, 2.05) is 12.1 Å². The van der Waals surface area contributed by atoms with Crippen molar-refractivity contribution in [3.8, 4) is 17.1 Å². The number of rotatable bonds is 4. The van der Waals surface area contributed by atoms with Gasteiger partial charge in [-0.1, -0.05) is 16.8 Å². The van der Waals surface area contributed by atoms with E-state index in [9.17, 15) is 4.39 Å². The summed E-state index contributed by atoms with van der Waals surface area (Å²) >= 11 is 5.85. The topological polar surface area (TPSA) is 48.2 Å². The summed E-state index contributed by atoms with van der Waals surface area (Å²) in [7, 11) is 0. The standard InChI is InChI=1S/C16H12ClFN2O2/c1-10(21-14-8-6-13(18)7-9-14)16-19-15(20-22-16)11-2-4-12(17)5-3-11/h2-10H,1H3. The molecule has 0 bridgehead atoms. The molecule has 0 spiro atoms. The highest BCUT2D eigenvalue weighted by molar-refractivity contribution is 6.30. The highest BCUT2D eigenvalue weighted by Crippen LogP contribution is 2.24. The minimum Gasteiger partial charge on any atom is -0.481 e. The van der Waals surface area contributed by atoms with Crippen LogP contribution in [0.25, 0.3) is 11.4 Å². The molecule has 1 heterocycles. The molecule has 2 aromatic carbocycles. The second kappa shape index (κ2) is 6.15. The molecule has 0 radical (unpaired) electrons. The Labute approximate surface area is 131 Å². The summed E-state index contributed by atoms with van der Waals surface area (Å²) in [5.74, 6) is 1.01. The summed E-state index contributed by atoms with van der Waals surface area (Å²) in [5.41, 5.74) is 0.799. The van der Waals surface area contributed by atoms with Gasteiger partial charge in [0.2, 0.25) is 5.82 Å². The zero-order chi connectivity index (χ0) is 15.5. The van der Waals surface area contributed by atoms with Gasteiger partial charge in [-0.15, -0.1) is 0 Å². The molecule has 0 aliphatic heterocycles. The van der Waals surface area contributed by atoms with E-state index in [0.29, 0.717) is 22.5 Å². The Kier molecular flexibility index (Phi) is 4.06. The number of benzene rings is 2. The molecule has 0 fully saturated rings. The monoisotopic (exact) mass is 318 g/mol. The number of ether oxygens (including phenoxy) is 1. The van der Waals surface area contributed by atoms with Crippen molar-refractivity contribution in [2.24, 2.45) is 0 Å². The molecule has 22 heavy (non-hydrogen) atoms. The van der Waals surface area contributed by atoms with Gasteiger partial charge in [-0.3, -0.25) is 0 Å². The van der Waals surface area contributed by atoms with Crippen molar-refractivity contribution >= 4 is 11.6 Å². The average Bonchev–Trinajstić information content (AvgIpc) is 3.00. The Bertz CT molecular complexity index is 757. The Morgan fingerprint density at radius 2 is 1.77 bits per heavy atom. The highest BCUT2D eigenvalue weighted by atomic mass is 35.5. The third-order valence-corrected chi connectivity index (χ3v) is 3.27. The molecule has 1 atom stereocenters. The molecule has 3 rings (SSSR count). The van der Waals surface area contributed by atoms with E-state index in [0.717, 1.165) is 5.56 Å². The molecule has 4 nitrogen and oxygen atoms in total. The van der Waals surface area contributed by atoms with Crippen LogP contribution in [0.15, 0.2) is 53.1 Å². The maximum absolute atomic E-state index is 12.9. The van der Waals surface area contributed by atoms with Gasteiger partial charge in [0.1, 0.15) is 11.6 Å². The van der Waals surface area contributed by atoms with E-state index in [-0.39, 0.29) is 5.82 Å². The van der Waals surface area contributed by atoms with E-state index < -0.39 is 6.10 Å². The van der Waals surface area contributed by atoms with Crippen LogP contribution >= 0.6 is 11.6 Å².